The monoisotopic (exact) mass is 391 g/mol. The molecule has 0 aliphatic carbocycles. The number of carbonyl (C=O) groups excluding carboxylic acids is 2. The molecule has 2 rings (SSSR count). The molecule has 0 saturated heterocycles. The van der Waals surface area contributed by atoms with Gasteiger partial charge >= 0.3 is 6.03 Å². The minimum absolute atomic E-state index is 0.00124. The van der Waals surface area contributed by atoms with Gasteiger partial charge in [-0.3, -0.25) is 4.79 Å². The number of rotatable bonds is 7. The van der Waals surface area contributed by atoms with Gasteiger partial charge in [-0.2, -0.15) is 0 Å². The molecule has 0 bridgehead atoms. The number of hydrogen-bond acceptors (Lipinski definition) is 3. The van der Waals surface area contributed by atoms with E-state index >= 15 is 0 Å². The Morgan fingerprint density at radius 2 is 1.74 bits per heavy atom. The summed E-state index contributed by atoms with van der Waals surface area (Å²) in [7, 11) is 3.34. The zero-order valence-electron chi connectivity index (χ0n) is 16.2. The first kappa shape index (κ1) is 20.9. The van der Waals surface area contributed by atoms with Crippen molar-refractivity contribution in [3.05, 3.63) is 58.0 Å². The number of urea groups is 1. The van der Waals surface area contributed by atoms with Crippen molar-refractivity contribution in [2.75, 3.05) is 20.6 Å². The van der Waals surface area contributed by atoms with Crippen LogP contribution >= 0.6 is 11.3 Å². The number of nitrogens with zero attached hydrogens (tertiary/aromatic N) is 3. The summed E-state index contributed by atoms with van der Waals surface area (Å²) in [6, 6.07) is 9.74. The lowest BCUT2D eigenvalue weighted by atomic mass is 10.2. The topological polar surface area (TPSA) is 43.9 Å². The maximum absolute atomic E-state index is 13.2. The highest BCUT2D eigenvalue weighted by atomic mass is 32.1. The average Bonchev–Trinajstić information content (AvgIpc) is 3.13. The molecule has 1 heterocycles. The van der Waals surface area contributed by atoms with Gasteiger partial charge in [0.1, 0.15) is 12.4 Å². The first-order valence-corrected chi connectivity index (χ1v) is 9.68. The number of thiophene rings is 1. The Kier molecular flexibility index (Phi) is 7.36. The molecule has 0 fully saturated rings. The molecule has 146 valence electrons. The van der Waals surface area contributed by atoms with Crippen LogP contribution in [-0.2, 0) is 17.9 Å². The molecule has 0 spiro atoms. The van der Waals surface area contributed by atoms with Gasteiger partial charge < -0.3 is 14.7 Å². The zero-order valence-corrected chi connectivity index (χ0v) is 17.0. The maximum atomic E-state index is 13.2. The number of halogens is 1. The molecule has 5 nitrogen and oxygen atoms in total. The van der Waals surface area contributed by atoms with Crippen molar-refractivity contribution in [3.8, 4) is 0 Å². The van der Waals surface area contributed by atoms with E-state index in [1.54, 1.807) is 47.4 Å². The molecule has 0 N–H and O–H groups in total. The Labute approximate surface area is 164 Å². The molecule has 0 unspecified atom stereocenters. The fraction of sp³-hybridized carbons (Fsp3) is 0.400. The van der Waals surface area contributed by atoms with Crippen LogP contribution in [0.1, 0.15) is 24.3 Å². The van der Waals surface area contributed by atoms with Crippen molar-refractivity contribution in [2.45, 2.75) is 33.0 Å². The fourth-order valence-corrected chi connectivity index (χ4v) is 3.33. The summed E-state index contributed by atoms with van der Waals surface area (Å²) in [5.74, 6) is -0.450. The van der Waals surface area contributed by atoms with Gasteiger partial charge in [0.15, 0.2) is 0 Å². The van der Waals surface area contributed by atoms with E-state index in [1.165, 1.54) is 17.0 Å². The van der Waals surface area contributed by atoms with E-state index in [2.05, 4.69) is 0 Å². The lowest BCUT2D eigenvalue weighted by Crippen LogP contribution is -2.48. The largest absolute Gasteiger partial charge is 0.332 e. The van der Waals surface area contributed by atoms with Crippen molar-refractivity contribution in [1.82, 2.24) is 14.7 Å². The average molecular weight is 392 g/mol. The van der Waals surface area contributed by atoms with E-state index in [9.17, 15) is 14.0 Å². The predicted octanol–water partition coefficient (Wildman–Crippen LogP) is 3.81. The minimum atomic E-state index is -0.308. The summed E-state index contributed by atoms with van der Waals surface area (Å²) < 4.78 is 13.2. The van der Waals surface area contributed by atoms with Crippen molar-refractivity contribution in [1.29, 1.82) is 0 Å². The molecule has 3 amide bonds. The van der Waals surface area contributed by atoms with E-state index in [1.807, 2.05) is 31.4 Å². The van der Waals surface area contributed by atoms with Crippen molar-refractivity contribution in [3.63, 3.8) is 0 Å². The summed E-state index contributed by atoms with van der Waals surface area (Å²) in [4.78, 5) is 31.2. The van der Waals surface area contributed by atoms with Crippen LogP contribution in [-0.4, -0.2) is 53.3 Å². The van der Waals surface area contributed by atoms with Crippen molar-refractivity contribution < 1.29 is 14.0 Å². The van der Waals surface area contributed by atoms with E-state index < -0.39 is 0 Å². The van der Waals surface area contributed by atoms with Gasteiger partial charge in [0.05, 0.1) is 6.54 Å². The summed E-state index contributed by atoms with van der Waals surface area (Å²) in [5, 5.41) is 1.96. The quantitative estimate of drug-likeness (QED) is 0.720. The van der Waals surface area contributed by atoms with E-state index in [4.69, 9.17) is 0 Å². The standard InChI is InChI=1S/C20H26FN3O2S/c1-15(2)24(20(26)22(3)4)14-19(25)23(13-18-6-5-11-27-18)12-16-7-9-17(21)10-8-16/h5-11,15H,12-14H2,1-4H3. The summed E-state index contributed by atoms with van der Waals surface area (Å²) >= 11 is 1.58. The molecule has 0 radical (unpaired) electrons. The fourth-order valence-electron chi connectivity index (χ4n) is 2.61. The van der Waals surface area contributed by atoms with Crippen LogP contribution in [0.2, 0.25) is 0 Å². The molecule has 0 aliphatic rings. The van der Waals surface area contributed by atoms with Crippen LogP contribution in [0.3, 0.4) is 0 Å². The highest BCUT2D eigenvalue weighted by molar-refractivity contribution is 7.09. The minimum Gasteiger partial charge on any atom is -0.332 e. The van der Waals surface area contributed by atoms with Crippen LogP contribution in [0, 0.1) is 5.82 Å². The Balaban J connectivity index is 2.18. The highest BCUT2D eigenvalue weighted by Gasteiger charge is 2.25. The van der Waals surface area contributed by atoms with Crippen molar-refractivity contribution in [2.24, 2.45) is 0 Å². The smallest absolute Gasteiger partial charge is 0.320 e. The van der Waals surface area contributed by atoms with Crippen LogP contribution in [0.4, 0.5) is 9.18 Å². The van der Waals surface area contributed by atoms with E-state index in [0.717, 1.165) is 10.4 Å². The van der Waals surface area contributed by atoms with Crippen LogP contribution in [0.5, 0.6) is 0 Å². The van der Waals surface area contributed by atoms with Crippen LogP contribution < -0.4 is 0 Å². The van der Waals surface area contributed by atoms with Crippen LogP contribution in [0.25, 0.3) is 0 Å². The number of hydrogen-bond donors (Lipinski definition) is 0. The summed E-state index contributed by atoms with van der Waals surface area (Å²) in [5.41, 5.74) is 0.844. The molecular weight excluding hydrogens is 365 g/mol. The van der Waals surface area contributed by atoms with Gasteiger partial charge in [0, 0.05) is 31.6 Å². The SMILES string of the molecule is CC(C)N(CC(=O)N(Cc1ccc(F)cc1)Cc1cccs1)C(=O)N(C)C. The molecule has 7 heteroatoms. The number of amides is 3. The lowest BCUT2D eigenvalue weighted by molar-refractivity contribution is -0.133. The number of carbonyl (C=O) groups is 2. The maximum Gasteiger partial charge on any atom is 0.320 e. The van der Waals surface area contributed by atoms with Gasteiger partial charge in [0.2, 0.25) is 5.91 Å². The molecule has 0 aliphatic heterocycles. The molecule has 27 heavy (non-hydrogen) atoms. The third-order valence-corrected chi connectivity index (χ3v) is 4.98. The molecular formula is C20H26FN3O2S. The third-order valence-electron chi connectivity index (χ3n) is 4.12. The Bertz CT molecular complexity index is 745. The van der Waals surface area contributed by atoms with Gasteiger partial charge in [-0.1, -0.05) is 18.2 Å². The molecule has 0 atom stereocenters. The Morgan fingerprint density at radius 3 is 2.26 bits per heavy atom. The zero-order chi connectivity index (χ0) is 20.0. The first-order chi connectivity index (χ1) is 12.8. The first-order valence-electron chi connectivity index (χ1n) is 8.80. The van der Waals surface area contributed by atoms with E-state index in [-0.39, 0.29) is 30.3 Å². The second-order valence-electron chi connectivity index (χ2n) is 6.85. The van der Waals surface area contributed by atoms with Crippen molar-refractivity contribution >= 4 is 23.3 Å². The molecule has 1 aromatic carbocycles. The second-order valence-corrected chi connectivity index (χ2v) is 7.89. The molecule has 1 aromatic heterocycles. The molecule has 2 aromatic rings. The van der Waals surface area contributed by atoms with Gasteiger partial charge in [0.25, 0.3) is 0 Å². The Hall–Kier alpha value is -2.41. The normalized spacial score (nSPS) is 10.7. The Morgan fingerprint density at radius 1 is 1.07 bits per heavy atom. The van der Waals surface area contributed by atoms with Crippen LogP contribution in [0.15, 0.2) is 41.8 Å². The second kappa shape index (κ2) is 9.50. The van der Waals surface area contributed by atoms with Gasteiger partial charge in [-0.05, 0) is 43.0 Å². The van der Waals surface area contributed by atoms with Gasteiger partial charge in [-0.15, -0.1) is 11.3 Å². The lowest BCUT2D eigenvalue weighted by Gasteiger charge is -2.31. The predicted molar refractivity (Wildman–Crippen MR) is 106 cm³/mol. The highest BCUT2D eigenvalue weighted by Crippen LogP contribution is 2.16. The van der Waals surface area contributed by atoms with E-state index in [0.29, 0.717) is 13.1 Å². The van der Waals surface area contributed by atoms with Gasteiger partial charge in [-0.25, -0.2) is 9.18 Å². The summed E-state index contributed by atoms with van der Waals surface area (Å²) in [6.07, 6.45) is 0. The molecule has 0 saturated carbocycles. The third kappa shape index (κ3) is 6.06. The summed E-state index contributed by atoms with van der Waals surface area (Å²) in [6.45, 7) is 4.59. The number of benzene rings is 1.